The van der Waals surface area contributed by atoms with Crippen LogP contribution in [0.1, 0.15) is 16.7 Å². The number of anilines is 2. The first-order valence-electron chi connectivity index (χ1n) is 10.6. The second-order valence-corrected chi connectivity index (χ2v) is 9.72. The molecule has 0 aliphatic heterocycles. The van der Waals surface area contributed by atoms with Crippen LogP contribution in [0.4, 0.5) is 11.5 Å². The molecule has 3 aromatic carbocycles. The van der Waals surface area contributed by atoms with Crippen LogP contribution < -0.4 is 10.0 Å². The largest absolute Gasteiger partial charge is 0.395 e. The quantitative estimate of drug-likeness (QED) is 0.380. The molecule has 0 saturated carbocycles. The number of rotatable bonds is 7. The highest BCUT2D eigenvalue weighted by atomic mass is 32.2. The summed E-state index contributed by atoms with van der Waals surface area (Å²) in [6.07, 6.45) is 0. The van der Waals surface area contributed by atoms with Gasteiger partial charge < -0.3 is 10.4 Å². The van der Waals surface area contributed by atoms with E-state index in [9.17, 15) is 8.42 Å². The first-order valence-corrected chi connectivity index (χ1v) is 12.1. The fourth-order valence-electron chi connectivity index (χ4n) is 3.79. The Morgan fingerprint density at radius 2 is 1.64 bits per heavy atom. The van der Waals surface area contributed by atoms with E-state index in [1.807, 2.05) is 49.4 Å². The van der Waals surface area contributed by atoms with Crippen molar-refractivity contribution in [2.45, 2.75) is 25.7 Å². The number of nitrogens with zero attached hydrogens (tertiary/aromatic N) is 2. The average molecular weight is 463 g/mol. The van der Waals surface area contributed by atoms with Crippen molar-refractivity contribution in [2.75, 3.05) is 18.5 Å². The average Bonchev–Trinajstić information content (AvgIpc) is 2.80. The van der Waals surface area contributed by atoms with Crippen LogP contribution in [0.3, 0.4) is 0 Å². The fourth-order valence-corrected chi connectivity index (χ4v) is 5.08. The molecule has 0 amide bonds. The van der Waals surface area contributed by atoms with Crippen LogP contribution in [0.5, 0.6) is 0 Å². The summed E-state index contributed by atoms with van der Waals surface area (Å²) in [5, 5.41) is 23.0. The van der Waals surface area contributed by atoms with Gasteiger partial charge in [-0.2, -0.15) is 0 Å². The number of benzene rings is 3. The third kappa shape index (κ3) is 4.73. The summed E-state index contributed by atoms with van der Waals surface area (Å²) in [5.74, 6) is 0.630. The third-order valence-corrected chi connectivity index (χ3v) is 7.08. The van der Waals surface area contributed by atoms with Gasteiger partial charge in [-0.1, -0.05) is 54.1 Å². The van der Waals surface area contributed by atoms with Gasteiger partial charge in [0.15, 0.2) is 5.82 Å². The van der Waals surface area contributed by atoms with Gasteiger partial charge in [-0.25, -0.2) is 13.1 Å². The number of aliphatic hydroxyl groups is 1. The van der Waals surface area contributed by atoms with Crippen molar-refractivity contribution in [3.05, 3.63) is 77.4 Å². The molecule has 0 unspecified atom stereocenters. The third-order valence-electron chi connectivity index (χ3n) is 5.48. The van der Waals surface area contributed by atoms with E-state index >= 15 is 0 Å². The molecule has 0 saturated heterocycles. The zero-order valence-electron chi connectivity index (χ0n) is 18.8. The van der Waals surface area contributed by atoms with Crippen LogP contribution in [0.2, 0.25) is 0 Å². The lowest BCUT2D eigenvalue weighted by Gasteiger charge is -2.14. The zero-order valence-corrected chi connectivity index (χ0v) is 19.6. The van der Waals surface area contributed by atoms with Crippen LogP contribution in [0, 0.1) is 20.8 Å². The Labute approximate surface area is 193 Å². The minimum absolute atomic E-state index is 0.0481. The summed E-state index contributed by atoms with van der Waals surface area (Å²) < 4.78 is 27.8. The van der Waals surface area contributed by atoms with Crippen molar-refractivity contribution in [1.82, 2.24) is 14.9 Å². The molecule has 0 radical (unpaired) electrons. The molecular weight excluding hydrogens is 436 g/mol. The van der Waals surface area contributed by atoms with E-state index in [0.717, 1.165) is 22.0 Å². The summed E-state index contributed by atoms with van der Waals surface area (Å²) in [6.45, 7) is 5.50. The molecule has 1 aromatic heterocycles. The first-order chi connectivity index (χ1) is 15.8. The maximum atomic E-state index is 12.7. The molecule has 0 spiro atoms. The van der Waals surface area contributed by atoms with Gasteiger partial charge in [0.2, 0.25) is 10.0 Å². The van der Waals surface area contributed by atoms with E-state index in [0.29, 0.717) is 22.6 Å². The lowest BCUT2D eigenvalue weighted by atomic mass is 10.0. The molecule has 0 atom stereocenters. The van der Waals surface area contributed by atoms with Crippen LogP contribution in [-0.4, -0.2) is 36.9 Å². The molecule has 1 heterocycles. The van der Waals surface area contributed by atoms with Gasteiger partial charge in [-0.05, 0) is 44.0 Å². The summed E-state index contributed by atoms with van der Waals surface area (Å²) in [5.41, 5.74) is 5.08. The topological polar surface area (TPSA) is 104 Å². The molecule has 8 heteroatoms. The fraction of sp³-hybridized carbons (Fsp3) is 0.200. The van der Waals surface area contributed by atoms with E-state index in [4.69, 9.17) is 5.11 Å². The molecule has 170 valence electrons. The first kappa shape index (κ1) is 22.8. The Hall–Kier alpha value is -3.33. The Bertz CT molecular complexity index is 1440. The normalized spacial score (nSPS) is 11.6. The molecular formula is C25H26N4O3S. The van der Waals surface area contributed by atoms with Crippen molar-refractivity contribution in [3.8, 4) is 11.3 Å². The number of aliphatic hydroxyl groups excluding tert-OH is 1. The standard InChI is InChI=1S/C25H26N4O3S/c1-16-8-11-22(18(3)14-16)27-25-21-7-5-4-6-20(21)24(28-29-25)19-10-9-17(2)23(15-19)33(31,32)26-12-13-30/h4-11,14-15,26,30H,12-13H2,1-3H3,(H,27,29). The van der Waals surface area contributed by atoms with Crippen LogP contribution in [0.15, 0.2) is 65.6 Å². The number of aromatic nitrogens is 2. The Morgan fingerprint density at radius 1 is 0.879 bits per heavy atom. The number of sulfonamides is 1. The number of hydrogen-bond acceptors (Lipinski definition) is 6. The predicted octanol–water partition coefficient (Wildman–Crippen LogP) is 4.24. The molecule has 4 rings (SSSR count). The van der Waals surface area contributed by atoms with Crippen molar-refractivity contribution < 1.29 is 13.5 Å². The predicted molar refractivity (Wildman–Crippen MR) is 131 cm³/mol. The van der Waals surface area contributed by atoms with Gasteiger partial charge in [-0.15, -0.1) is 10.2 Å². The number of aryl methyl sites for hydroxylation is 3. The summed E-state index contributed by atoms with van der Waals surface area (Å²) in [7, 11) is -3.76. The van der Waals surface area contributed by atoms with Gasteiger partial charge in [0.25, 0.3) is 0 Å². The highest BCUT2D eigenvalue weighted by Crippen LogP contribution is 2.33. The zero-order chi connectivity index (χ0) is 23.6. The van der Waals surface area contributed by atoms with E-state index < -0.39 is 10.0 Å². The molecule has 0 aliphatic carbocycles. The SMILES string of the molecule is Cc1ccc(Nc2nnc(-c3ccc(C)c(S(=O)(=O)NCCO)c3)c3ccccc23)c(C)c1. The second kappa shape index (κ2) is 9.27. The molecule has 0 aliphatic rings. The van der Waals surface area contributed by atoms with Crippen molar-refractivity contribution in [2.24, 2.45) is 0 Å². The molecule has 0 bridgehead atoms. The Balaban J connectivity index is 1.81. The van der Waals surface area contributed by atoms with Crippen molar-refractivity contribution in [1.29, 1.82) is 0 Å². The summed E-state index contributed by atoms with van der Waals surface area (Å²) in [4.78, 5) is 0.150. The molecule has 33 heavy (non-hydrogen) atoms. The van der Waals surface area contributed by atoms with E-state index in [-0.39, 0.29) is 18.0 Å². The van der Waals surface area contributed by atoms with Gasteiger partial charge in [0.05, 0.1) is 11.5 Å². The Morgan fingerprint density at radius 3 is 2.36 bits per heavy atom. The van der Waals surface area contributed by atoms with Gasteiger partial charge in [0, 0.05) is 28.6 Å². The highest BCUT2D eigenvalue weighted by molar-refractivity contribution is 7.89. The van der Waals surface area contributed by atoms with E-state index in [1.54, 1.807) is 19.1 Å². The number of nitrogens with one attached hydrogen (secondary N) is 2. The van der Waals surface area contributed by atoms with Crippen molar-refractivity contribution in [3.63, 3.8) is 0 Å². The van der Waals surface area contributed by atoms with Gasteiger partial charge in [0.1, 0.15) is 5.69 Å². The minimum atomic E-state index is -3.76. The summed E-state index contributed by atoms with van der Waals surface area (Å²) >= 11 is 0. The lowest BCUT2D eigenvalue weighted by molar-refractivity contribution is 0.301. The number of fused-ring (bicyclic) bond motifs is 1. The monoisotopic (exact) mass is 462 g/mol. The molecule has 3 N–H and O–H groups in total. The van der Waals surface area contributed by atoms with E-state index in [1.165, 1.54) is 5.56 Å². The van der Waals surface area contributed by atoms with Crippen LogP contribution in [-0.2, 0) is 10.0 Å². The lowest BCUT2D eigenvalue weighted by Crippen LogP contribution is -2.27. The smallest absolute Gasteiger partial charge is 0.240 e. The number of hydrogen-bond donors (Lipinski definition) is 3. The van der Waals surface area contributed by atoms with Crippen molar-refractivity contribution >= 4 is 32.3 Å². The molecule has 7 nitrogen and oxygen atoms in total. The second-order valence-electron chi connectivity index (χ2n) is 7.99. The van der Waals surface area contributed by atoms with Gasteiger partial charge >= 0.3 is 0 Å². The maximum Gasteiger partial charge on any atom is 0.240 e. The van der Waals surface area contributed by atoms with Gasteiger partial charge in [-0.3, -0.25) is 0 Å². The maximum absolute atomic E-state index is 12.7. The molecule has 4 aromatic rings. The Kier molecular flexibility index (Phi) is 6.42. The summed E-state index contributed by atoms with van der Waals surface area (Å²) in [6, 6.07) is 19.1. The van der Waals surface area contributed by atoms with Crippen LogP contribution in [0.25, 0.3) is 22.0 Å². The van der Waals surface area contributed by atoms with Crippen LogP contribution >= 0.6 is 0 Å². The highest BCUT2D eigenvalue weighted by Gasteiger charge is 2.19. The molecule has 0 fully saturated rings. The van der Waals surface area contributed by atoms with E-state index in [2.05, 4.69) is 33.2 Å². The minimum Gasteiger partial charge on any atom is -0.395 e.